The van der Waals surface area contributed by atoms with Gasteiger partial charge in [-0.15, -0.1) is 0 Å². The molecule has 0 amide bonds. The van der Waals surface area contributed by atoms with Gasteiger partial charge in [0.25, 0.3) is 0 Å². The van der Waals surface area contributed by atoms with Crippen LogP contribution in [0.5, 0.6) is 0 Å². The van der Waals surface area contributed by atoms with Crippen molar-refractivity contribution in [3.8, 4) is 0 Å². The Kier molecular flexibility index (Phi) is 6.86. The molecule has 0 saturated heterocycles. The summed E-state index contributed by atoms with van der Waals surface area (Å²) < 4.78 is 5.03. The molecule has 0 aliphatic carbocycles. The van der Waals surface area contributed by atoms with Crippen LogP contribution in [0.2, 0.25) is 0 Å². The molecule has 1 atom stereocenters. The van der Waals surface area contributed by atoms with Gasteiger partial charge in [-0.2, -0.15) is 0 Å². The van der Waals surface area contributed by atoms with E-state index in [1.54, 1.807) is 7.11 Å². The number of ether oxygens (including phenoxy) is 1. The van der Waals surface area contributed by atoms with Gasteiger partial charge in [0.15, 0.2) is 0 Å². The number of likely N-dealkylation sites (N-methyl/N-ethyl adjacent to an activating group) is 1. The Morgan fingerprint density at radius 2 is 2.00 bits per heavy atom. The fraction of sp³-hybridized carbons (Fsp3) is 0.571. The molecule has 1 N–H and O–H groups in total. The minimum absolute atomic E-state index is 0.201. The molecule has 1 aromatic carbocycles. The number of nitrogens with zero attached hydrogens (tertiary/aromatic N) is 1. The van der Waals surface area contributed by atoms with Crippen LogP contribution in [0.15, 0.2) is 30.3 Å². The molecule has 1 unspecified atom stereocenters. The van der Waals surface area contributed by atoms with Crippen LogP contribution in [0.3, 0.4) is 0 Å². The van der Waals surface area contributed by atoms with E-state index >= 15 is 0 Å². The van der Waals surface area contributed by atoms with Gasteiger partial charge in [-0.05, 0) is 25.5 Å². The second kappa shape index (κ2) is 8.23. The number of rotatable bonds is 8. The summed E-state index contributed by atoms with van der Waals surface area (Å²) in [5.74, 6) is 0. The standard InChI is InChI=1S/C14H23NO2/c1-15(11-13-7-4-3-5-8-13)14(12-16)9-6-10-17-2/h3-5,7-8,14,16H,6,9-12H2,1-2H3. The molecule has 0 aliphatic rings. The molecule has 0 aromatic heterocycles. The van der Waals surface area contributed by atoms with E-state index in [9.17, 15) is 5.11 Å². The maximum absolute atomic E-state index is 9.39. The highest BCUT2D eigenvalue weighted by Crippen LogP contribution is 2.10. The Morgan fingerprint density at radius 3 is 2.59 bits per heavy atom. The second-order valence-corrected chi connectivity index (χ2v) is 4.37. The molecule has 0 radical (unpaired) electrons. The predicted molar refractivity (Wildman–Crippen MR) is 69.9 cm³/mol. The maximum Gasteiger partial charge on any atom is 0.0586 e. The molecule has 0 fully saturated rings. The van der Waals surface area contributed by atoms with Crippen LogP contribution in [0.4, 0.5) is 0 Å². The summed E-state index contributed by atoms with van der Waals surface area (Å²) in [7, 11) is 3.77. The van der Waals surface area contributed by atoms with Gasteiger partial charge in [0, 0.05) is 26.3 Å². The topological polar surface area (TPSA) is 32.7 Å². The normalized spacial score (nSPS) is 12.9. The molecule has 1 rings (SSSR count). The SMILES string of the molecule is COCCCC(CO)N(C)Cc1ccccc1. The Bertz CT molecular complexity index is 290. The third-order valence-electron chi connectivity index (χ3n) is 2.99. The zero-order valence-electron chi connectivity index (χ0n) is 10.8. The van der Waals surface area contributed by atoms with Gasteiger partial charge in [-0.25, -0.2) is 0 Å². The van der Waals surface area contributed by atoms with Gasteiger partial charge < -0.3 is 9.84 Å². The van der Waals surface area contributed by atoms with Gasteiger partial charge in [-0.1, -0.05) is 30.3 Å². The summed E-state index contributed by atoms with van der Waals surface area (Å²) in [5.41, 5.74) is 1.28. The van der Waals surface area contributed by atoms with Crippen LogP contribution >= 0.6 is 0 Å². The van der Waals surface area contributed by atoms with Crippen molar-refractivity contribution in [1.29, 1.82) is 0 Å². The minimum atomic E-state index is 0.201. The van der Waals surface area contributed by atoms with E-state index in [-0.39, 0.29) is 12.6 Å². The summed E-state index contributed by atoms with van der Waals surface area (Å²) in [6, 6.07) is 10.5. The van der Waals surface area contributed by atoms with Gasteiger partial charge >= 0.3 is 0 Å². The van der Waals surface area contributed by atoms with E-state index in [0.717, 1.165) is 26.0 Å². The molecule has 96 valence electrons. The van der Waals surface area contributed by atoms with Crippen LogP contribution in [-0.2, 0) is 11.3 Å². The van der Waals surface area contributed by atoms with Gasteiger partial charge in [0.1, 0.15) is 0 Å². The average Bonchev–Trinajstić information content (AvgIpc) is 2.36. The molecule has 3 heteroatoms. The number of aliphatic hydroxyl groups is 1. The summed E-state index contributed by atoms with van der Waals surface area (Å²) >= 11 is 0. The molecule has 0 heterocycles. The van der Waals surface area contributed by atoms with Crippen LogP contribution in [0.1, 0.15) is 18.4 Å². The van der Waals surface area contributed by atoms with Crippen LogP contribution in [0, 0.1) is 0 Å². The van der Waals surface area contributed by atoms with Crippen LogP contribution in [-0.4, -0.2) is 43.4 Å². The van der Waals surface area contributed by atoms with Crippen molar-refractivity contribution in [3.05, 3.63) is 35.9 Å². The third-order valence-corrected chi connectivity index (χ3v) is 2.99. The smallest absolute Gasteiger partial charge is 0.0586 e. The quantitative estimate of drug-likeness (QED) is 0.701. The van der Waals surface area contributed by atoms with E-state index < -0.39 is 0 Å². The molecule has 0 aliphatic heterocycles. The van der Waals surface area contributed by atoms with Crippen molar-refractivity contribution in [3.63, 3.8) is 0 Å². The monoisotopic (exact) mass is 237 g/mol. The van der Waals surface area contributed by atoms with Crippen LogP contribution < -0.4 is 0 Å². The lowest BCUT2D eigenvalue weighted by atomic mass is 10.1. The summed E-state index contributed by atoms with van der Waals surface area (Å²) in [6.45, 7) is 1.84. The van der Waals surface area contributed by atoms with Crippen molar-refractivity contribution >= 4 is 0 Å². The Balaban J connectivity index is 2.40. The predicted octanol–water partition coefficient (Wildman–Crippen LogP) is 1.91. The summed E-state index contributed by atoms with van der Waals surface area (Å²) in [6.07, 6.45) is 1.95. The lowest BCUT2D eigenvalue weighted by Crippen LogP contribution is -2.34. The number of methoxy groups -OCH3 is 1. The zero-order valence-corrected chi connectivity index (χ0v) is 10.8. The fourth-order valence-electron chi connectivity index (χ4n) is 1.91. The van der Waals surface area contributed by atoms with Crippen molar-refractivity contribution in [2.45, 2.75) is 25.4 Å². The molecule has 1 aromatic rings. The first-order valence-electron chi connectivity index (χ1n) is 6.12. The Morgan fingerprint density at radius 1 is 1.29 bits per heavy atom. The molecule has 0 spiro atoms. The van der Waals surface area contributed by atoms with E-state index in [1.807, 2.05) is 18.2 Å². The maximum atomic E-state index is 9.39. The number of hydrogen-bond acceptors (Lipinski definition) is 3. The molecule has 0 saturated carbocycles. The first-order chi connectivity index (χ1) is 8.27. The minimum Gasteiger partial charge on any atom is -0.395 e. The fourth-order valence-corrected chi connectivity index (χ4v) is 1.91. The van der Waals surface area contributed by atoms with Crippen molar-refractivity contribution in [2.24, 2.45) is 0 Å². The van der Waals surface area contributed by atoms with Crippen molar-refractivity contribution in [2.75, 3.05) is 27.4 Å². The van der Waals surface area contributed by atoms with Gasteiger partial charge in [0.05, 0.1) is 6.61 Å². The zero-order chi connectivity index (χ0) is 12.5. The highest BCUT2D eigenvalue weighted by molar-refractivity contribution is 5.14. The Hall–Kier alpha value is -0.900. The number of benzene rings is 1. The third kappa shape index (κ3) is 5.31. The highest BCUT2D eigenvalue weighted by atomic mass is 16.5. The second-order valence-electron chi connectivity index (χ2n) is 4.37. The largest absolute Gasteiger partial charge is 0.395 e. The Labute approximate surface area is 104 Å². The first kappa shape index (κ1) is 14.2. The lowest BCUT2D eigenvalue weighted by Gasteiger charge is -2.26. The van der Waals surface area contributed by atoms with E-state index in [4.69, 9.17) is 4.74 Å². The van der Waals surface area contributed by atoms with E-state index in [1.165, 1.54) is 5.56 Å². The molecular weight excluding hydrogens is 214 g/mol. The first-order valence-corrected chi connectivity index (χ1v) is 6.12. The molecular formula is C14H23NO2. The van der Waals surface area contributed by atoms with Crippen molar-refractivity contribution in [1.82, 2.24) is 4.90 Å². The van der Waals surface area contributed by atoms with Gasteiger partial charge in [-0.3, -0.25) is 4.90 Å². The number of hydrogen-bond donors (Lipinski definition) is 1. The van der Waals surface area contributed by atoms with Gasteiger partial charge in [0.2, 0.25) is 0 Å². The van der Waals surface area contributed by atoms with E-state index in [2.05, 4.69) is 24.1 Å². The molecule has 0 bridgehead atoms. The average molecular weight is 237 g/mol. The molecule has 17 heavy (non-hydrogen) atoms. The van der Waals surface area contributed by atoms with Crippen LogP contribution in [0.25, 0.3) is 0 Å². The van der Waals surface area contributed by atoms with Crippen molar-refractivity contribution < 1.29 is 9.84 Å². The number of aliphatic hydroxyl groups excluding tert-OH is 1. The summed E-state index contributed by atoms with van der Waals surface area (Å²) in [5, 5.41) is 9.39. The molecule has 3 nitrogen and oxygen atoms in total. The lowest BCUT2D eigenvalue weighted by molar-refractivity contribution is 0.119. The summed E-state index contributed by atoms with van der Waals surface area (Å²) in [4.78, 5) is 2.20. The van der Waals surface area contributed by atoms with E-state index in [0.29, 0.717) is 0 Å². The highest BCUT2D eigenvalue weighted by Gasteiger charge is 2.13.